The van der Waals surface area contributed by atoms with E-state index in [0.29, 0.717) is 6.54 Å². The number of nitrogens with one attached hydrogen (secondary N) is 2. The molecule has 146 valence electrons. The van der Waals surface area contributed by atoms with E-state index in [0.717, 1.165) is 12.8 Å². The third-order valence-corrected chi connectivity index (χ3v) is 6.14. The Balaban J connectivity index is 2.34. The van der Waals surface area contributed by atoms with Crippen molar-refractivity contribution in [1.29, 1.82) is 0 Å². The largest absolute Gasteiger partial charge is 0.495 e. The van der Waals surface area contributed by atoms with Gasteiger partial charge in [-0.3, -0.25) is 9.52 Å². The lowest BCUT2D eigenvalue weighted by molar-refractivity contribution is 0.0954. The molecule has 0 saturated heterocycles. The first kappa shape index (κ1) is 21.3. The Labute approximate surface area is 168 Å². The van der Waals surface area contributed by atoms with Gasteiger partial charge >= 0.3 is 0 Å². The van der Waals surface area contributed by atoms with Crippen LogP contribution in [-0.2, 0) is 10.0 Å². The van der Waals surface area contributed by atoms with E-state index in [1.807, 2.05) is 6.92 Å². The minimum atomic E-state index is -4.07. The highest BCUT2D eigenvalue weighted by molar-refractivity contribution is 7.92. The highest BCUT2D eigenvalue weighted by atomic mass is 35.5. The number of para-hydroxylation sites is 1. The van der Waals surface area contributed by atoms with E-state index in [1.165, 1.54) is 25.3 Å². The van der Waals surface area contributed by atoms with E-state index in [9.17, 15) is 13.2 Å². The van der Waals surface area contributed by atoms with E-state index in [1.54, 1.807) is 18.2 Å². The molecule has 0 aromatic heterocycles. The van der Waals surface area contributed by atoms with Gasteiger partial charge < -0.3 is 10.1 Å². The molecule has 2 N–H and O–H groups in total. The second-order valence-electron chi connectivity index (χ2n) is 5.65. The van der Waals surface area contributed by atoms with Crippen LogP contribution in [0.5, 0.6) is 5.75 Å². The predicted molar refractivity (Wildman–Crippen MR) is 108 cm³/mol. The summed E-state index contributed by atoms with van der Waals surface area (Å²) in [6.07, 6.45) is 1.77. The summed E-state index contributed by atoms with van der Waals surface area (Å²) in [5.74, 6) is -0.100. The van der Waals surface area contributed by atoms with Gasteiger partial charge in [0, 0.05) is 6.54 Å². The molecule has 0 heterocycles. The molecule has 1 amide bonds. The number of hydrogen-bond donors (Lipinski definition) is 2. The van der Waals surface area contributed by atoms with Gasteiger partial charge in [-0.2, -0.15) is 0 Å². The molecule has 9 heteroatoms. The SMILES string of the molecule is CCCCNC(=O)c1ccccc1NS(=O)(=O)c1ccc(OC)c(Cl)c1Cl. The fourth-order valence-corrected chi connectivity index (χ4v) is 4.24. The molecule has 6 nitrogen and oxygen atoms in total. The number of ether oxygens (including phenoxy) is 1. The zero-order valence-corrected chi connectivity index (χ0v) is 17.2. The second kappa shape index (κ2) is 9.30. The van der Waals surface area contributed by atoms with Gasteiger partial charge in [-0.1, -0.05) is 48.7 Å². The van der Waals surface area contributed by atoms with Crippen molar-refractivity contribution in [3.05, 3.63) is 52.0 Å². The summed E-state index contributed by atoms with van der Waals surface area (Å²) in [5, 5.41) is 2.60. The summed E-state index contributed by atoms with van der Waals surface area (Å²) < 4.78 is 33.0. The zero-order chi connectivity index (χ0) is 20.0. The second-order valence-corrected chi connectivity index (χ2v) is 8.06. The van der Waals surface area contributed by atoms with Crippen LogP contribution in [0.4, 0.5) is 5.69 Å². The number of carbonyl (C=O) groups excluding carboxylic acids is 1. The van der Waals surface area contributed by atoms with Gasteiger partial charge in [0.15, 0.2) is 0 Å². The van der Waals surface area contributed by atoms with E-state index in [2.05, 4.69) is 10.0 Å². The summed E-state index contributed by atoms with van der Waals surface area (Å²) >= 11 is 12.2. The van der Waals surface area contributed by atoms with Crippen molar-refractivity contribution in [1.82, 2.24) is 5.32 Å². The number of methoxy groups -OCH3 is 1. The number of hydrogen-bond acceptors (Lipinski definition) is 4. The quantitative estimate of drug-likeness (QED) is 0.610. The number of unbranched alkanes of at least 4 members (excludes halogenated alkanes) is 1. The van der Waals surface area contributed by atoms with Gasteiger partial charge in [-0.05, 0) is 30.7 Å². The first-order valence-corrected chi connectivity index (χ1v) is 10.5. The Hall–Kier alpha value is -1.96. The van der Waals surface area contributed by atoms with E-state index >= 15 is 0 Å². The minimum absolute atomic E-state index is 0.00682. The molecular formula is C18H20Cl2N2O4S. The summed E-state index contributed by atoms with van der Waals surface area (Å²) in [7, 11) is -2.67. The van der Waals surface area contributed by atoms with Gasteiger partial charge in [0.2, 0.25) is 0 Å². The van der Waals surface area contributed by atoms with Crippen LogP contribution in [0.15, 0.2) is 41.3 Å². The van der Waals surface area contributed by atoms with E-state index < -0.39 is 10.0 Å². The molecule has 0 aliphatic heterocycles. The van der Waals surface area contributed by atoms with Gasteiger partial charge in [-0.25, -0.2) is 8.42 Å². The van der Waals surface area contributed by atoms with Crippen LogP contribution in [0.25, 0.3) is 0 Å². The Bertz CT molecular complexity index is 933. The lowest BCUT2D eigenvalue weighted by atomic mass is 10.1. The predicted octanol–water partition coefficient (Wildman–Crippen LogP) is 4.33. The van der Waals surface area contributed by atoms with Crippen LogP contribution in [0.3, 0.4) is 0 Å². The Morgan fingerprint density at radius 3 is 2.48 bits per heavy atom. The number of amides is 1. The maximum absolute atomic E-state index is 12.8. The summed E-state index contributed by atoms with van der Waals surface area (Å²) in [4.78, 5) is 12.1. The van der Waals surface area contributed by atoms with Gasteiger partial charge in [0.25, 0.3) is 15.9 Å². The Morgan fingerprint density at radius 1 is 1.11 bits per heavy atom. The van der Waals surface area contributed by atoms with Crippen LogP contribution < -0.4 is 14.8 Å². The highest BCUT2D eigenvalue weighted by Crippen LogP contribution is 2.37. The molecule has 27 heavy (non-hydrogen) atoms. The number of benzene rings is 2. The van der Waals surface area contributed by atoms with Crippen molar-refractivity contribution in [3.8, 4) is 5.75 Å². The molecule has 0 aliphatic carbocycles. The molecule has 0 unspecified atom stereocenters. The molecule has 2 aromatic rings. The third-order valence-electron chi connectivity index (χ3n) is 3.75. The van der Waals surface area contributed by atoms with Crippen molar-refractivity contribution < 1.29 is 17.9 Å². The summed E-state index contributed by atoms with van der Waals surface area (Å²) in [6.45, 7) is 2.52. The molecule has 0 bridgehead atoms. The molecule has 2 rings (SSSR count). The molecule has 0 saturated carbocycles. The third kappa shape index (κ3) is 5.06. The number of anilines is 1. The fourth-order valence-electron chi connectivity index (χ4n) is 2.32. The van der Waals surface area contributed by atoms with E-state index in [4.69, 9.17) is 27.9 Å². The normalized spacial score (nSPS) is 11.1. The summed E-state index contributed by atoms with van der Waals surface area (Å²) in [5.41, 5.74) is 0.363. The number of sulfonamides is 1. The smallest absolute Gasteiger partial charge is 0.263 e. The molecule has 2 aromatic carbocycles. The van der Waals surface area contributed by atoms with Crippen LogP contribution in [0.2, 0.25) is 10.0 Å². The Kier molecular flexibility index (Phi) is 7.35. The van der Waals surface area contributed by atoms with E-state index in [-0.39, 0.29) is 37.8 Å². The van der Waals surface area contributed by atoms with Crippen molar-refractivity contribution in [2.24, 2.45) is 0 Å². The molecule has 0 radical (unpaired) electrons. The van der Waals surface area contributed by atoms with Crippen LogP contribution >= 0.6 is 23.2 Å². The minimum Gasteiger partial charge on any atom is -0.495 e. The van der Waals surface area contributed by atoms with Crippen molar-refractivity contribution in [2.45, 2.75) is 24.7 Å². The first-order chi connectivity index (χ1) is 12.8. The van der Waals surface area contributed by atoms with Crippen LogP contribution in [0, 0.1) is 0 Å². The zero-order valence-electron chi connectivity index (χ0n) is 14.9. The first-order valence-electron chi connectivity index (χ1n) is 8.23. The lowest BCUT2D eigenvalue weighted by Gasteiger charge is -2.14. The standard InChI is InChI=1S/C18H20Cl2N2O4S/c1-3-4-11-21-18(23)12-7-5-6-8-13(12)22-27(24,25)15-10-9-14(26-2)16(19)17(15)20/h5-10,22H,3-4,11H2,1-2H3,(H,21,23). The molecule has 0 aliphatic rings. The average Bonchev–Trinajstić information content (AvgIpc) is 2.64. The number of rotatable bonds is 8. The highest BCUT2D eigenvalue weighted by Gasteiger charge is 2.23. The van der Waals surface area contributed by atoms with Gasteiger partial charge in [0.05, 0.1) is 23.4 Å². The van der Waals surface area contributed by atoms with Gasteiger partial charge in [-0.15, -0.1) is 0 Å². The van der Waals surface area contributed by atoms with Crippen LogP contribution in [0.1, 0.15) is 30.1 Å². The summed E-state index contributed by atoms with van der Waals surface area (Å²) in [6, 6.07) is 9.03. The maximum atomic E-state index is 12.8. The maximum Gasteiger partial charge on any atom is 0.263 e. The average molecular weight is 431 g/mol. The number of carbonyl (C=O) groups is 1. The molecule has 0 fully saturated rings. The fraction of sp³-hybridized carbons (Fsp3) is 0.278. The van der Waals surface area contributed by atoms with Crippen molar-refractivity contribution >= 4 is 44.8 Å². The lowest BCUT2D eigenvalue weighted by Crippen LogP contribution is -2.26. The van der Waals surface area contributed by atoms with Crippen molar-refractivity contribution in [2.75, 3.05) is 18.4 Å². The van der Waals surface area contributed by atoms with Crippen molar-refractivity contribution in [3.63, 3.8) is 0 Å². The molecule has 0 spiro atoms. The van der Waals surface area contributed by atoms with Crippen LogP contribution in [-0.4, -0.2) is 28.0 Å². The Morgan fingerprint density at radius 2 is 1.81 bits per heavy atom. The monoisotopic (exact) mass is 430 g/mol. The number of halogens is 2. The molecular weight excluding hydrogens is 411 g/mol. The topological polar surface area (TPSA) is 84.5 Å². The molecule has 0 atom stereocenters. The van der Waals surface area contributed by atoms with Gasteiger partial charge in [0.1, 0.15) is 15.7 Å².